The van der Waals surface area contributed by atoms with Crippen LogP contribution in [0.15, 0.2) is 54.6 Å². The SMILES string of the molecule is CC(C)(CO)NC(=O)C(C(N)=O)c1ccc(OCc2ccccc2)cc1. The van der Waals surface area contributed by atoms with Gasteiger partial charge in [0.05, 0.1) is 12.1 Å². The molecule has 26 heavy (non-hydrogen) atoms. The average molecular weight is 356 g/mol. The molecule has 0 aromatic heterocycles. The standard InChI is InChI=1S/C20H24N2O4/c1-20(2,13-23)22-19(25)17(18(21)24)15-8-10-16(11-9-15)26-12-14-6-4-3-5-7-14/h3-11,17,23H,12-13H2,1-2H3,(H2,21,24)(H,22,25). The van der Waals surface area contributed by atoms with E-state index >= 15 is 0 Å². The molecule has 0 saturated heterocycles. The third kappa shape index (κ3) is 5.32. The molecule has 0 heterocycles. The van der Waals surface area contributed by atoms with E-state index in [0.717, 1.165) is 5.56 Å². The van der Waals surface area contributed by atoms with Gasteiger partial charge in [0, 0.05) is 0 Å². The number of rotatable bonds is 8. The molecule has 2 aromatic rings. The Morgan fingerprint density at radius 1 is 1.12 bits per heavy atom. The Labute approximate surface area is 153 Å². The van der Waals surface area contributed by atoms with Gasteiger partial charge in [-0.25, -0.2) is 0 Å². The number of carbonyl (C=O) groups excluding carboxylic acids is 2. The van der Waals surface area contributed by atoms with Gasteiger partial charge < -0.3 is 20.9 Å². The zero-order valence-electron chi connectivity index (χ0n) is 14.9. The van der Waals surface area contributed by atoms with E-state index in [-0.39, 0.29) is 6.61 Å². The Morgan fingerprint density at radius 2 is 1.73 bits per heavy atom. The monoisotopic (exact) mass is 356 g/mol. The van der Waals surface area contributed by atoms with Crippen LogP contribution < -0.4 is 15.8 Å². The lowest BCUT2D eigenvalue weighted by atomic mass is 9.95. The number of hydrogen-bond acceptors (Lipinski definition) is 4. The van der Waals surface area contributed by atoms with Crippen LogP contribution in [0.5, 0.6) is 5.75 Å². The number of aliphatic hydroxyl groups is 1. The van der Waals surface area contributed by atoms with Crippen LogP contribution in [0, 0.1) is 0 Å². The molecular formula is C20H24N2O4. The Morgan fingerprint density at radius 3 is 2.27 bits per heavy atom. The first-order valence-electron chi connectivity index (χ1n) is 8.31. The zero-order valence-corrected chi connectivity index (χ0v) is 14.9. The predicted octanol–water partition coefficient (Wildman–Crippen LogP) is 1.72. The second kappa shape index (κ2) is 8.49. The van der Waals surface area contributed by atoms with Crippen molar-refractivity contribution in [2.45, 2.75) is 31.9 Å². The zero-order chi connectivity index (χ0) is 19.2. The fourth-order valence-corrected chi connectivity index (χ4v) is 2.39. The van der Waals surface area contributed by atoms with Gasteiger partial charge in [-0.2, -0.15) is 0 Å². The Kier molecular flexibility index (Phi) is 6.36. The number of amides is 2. The van der Waals surface area contributed by atoms with Gasteiger partial charge in [0.1, 0.15) is 18.3 Å². The van der Waals surface area contributed by atoms with Crippen molar-refractivity contribution >= 4 is 11.8 Å². The summed E-state index contributed by atoms with van der Waals surface area (Å²) in [7, 11) is 0. The molecule has 6 nitrogen and oxygen atoms in total. The Balaban J connectivity index is 2.08. The third-order valence-corrected chi connectivity index (χ3v) is 3.87. The molecule has 0 spiro atoms. The van der Waals surface area contributed by atoms with Crippen molar-refractivity contribution in [2.75, 3.05) is 6.61 Å². The van der Waals surface area contributed by atoms with Crippen molar-refractivity contribution in [3.63, 3.8) is 0 Å². The normalized spacial score (nSPS) is 12.3. The van der Waals surface area contributed by atoms with Gasteiger partial charge in [-0.3, -0.25) is 9.59 Å². The van der Waals surface area contributed by atoms with Crippen LogP contribution in [0.25, 0.3) is 0 Å². The van der Waals surface area contributed by atoms with Crippen LogP contribution in [-0.4, -0.2) is 29.1 Å². The number of carbonyl (C=O) groups is 2. The maximum Gasteiger partial charge on any atom is 0.237 e. The molecule has 0 aliphatic carbocycles. The summed E-state index contributed by atoms with van der Waals surface area (Å²) in [5.74, 6) is -1.82. The van der Waals surface area contributed by atoms with Crippen LogP contribution in [0.3, 0.4) is 0 Å². The summed E-state index contributed by atoms with van der Waals surface area (Å²) in [5, 5.41) is 11.9. The molecule has 0 bridgehead atoms. The minimum absolute atomic E-state index is 0.253. The second-order valence-electron chi connectivity index (χ2n) is 6.71. The van der Waals surface area contributed by atoms with E-state index in [9.17, 15) is 14.7 Å². The minimum atomic E-state index is -1.14. The molecule has 2 aromatic carbocycles. The molecule has 4 N–H and O–H groups in total. The molecule has 0 aliphatic heterocycles. The van der Waals surface area contributed by atoms with Crippen LogP contribution in [0.4, 0.5) is 0 Å². The fourth-order valence-electron chi connectivity index (χ4n) is 2.39. The molecule has 2 amide bonds. The summed E-state index contributed by atoms with van der Waals surface area (Å²) >= 11 is 0. The summed E-state index contributed by atoms with van der Waals surface area (Å²) < 4.78 is 5.70. The van der Waals surface area contributed by atoms with Gasteiger partial charge >= 0.3 is 0 Å². The van der Waals surface area contributed by atoms with E-state index in [1.165, 1.54) is 0 Å². The maximum atomic E-state index is 12.4. The van der Waals surface area contributed by atoms with E-state index in [1.807, 2.05) is 30.3 Å². The molecule has 0 radical (unpaired) electrons. The van der Waals surface area contributed by atoms with Crippen molar-refractivity contribution in [2.24, 2.45) is 5.73 Å². The van der Waals surface area contributed by atoms with E-state index in [4.69, 9.17) is 10.5 Å². The number of aliphatic hydroxyl groups excluding tert-OH is 1. The average Bonchev–Trinajstić information content (AvgIpc) is 2.61. The van der Waals surface area contributed by atoms with Crippen LogP contribution >= 0.6 is 0 Å². The van der Waals surface area contributed by atoms with Gasteiger partial charge in [-0.1, -0.05) is 42.5 Å². The Hall–Kier alpha value is -2.86. The maximum absolute atomic E-state index is 12.4. The summed E-state index contributed by atoms with van der Waals surface area (Å²) in [6.07, 6.45) is 0. The number of nitrogens with one attached hydrogen (secondary N) is 1. The largest absolute Gasteiger partial charge is 0.489 e. The van der Waals surface area contributed by atoms with Gasteiger partial charge in [0.25, 0.3) is 0 Å². The van der Waals surface area contributed by atoms with Crippen molar-refractivity contribution < 1.29 is 19.4 Å². The molecule has 0 fully saturated rings. The highest BCUT2D eigenvalue weighted by atomic mass is 16.5. The molecule has 1 unspecified atom stereocenters. The lowest BCUT2D eigenvalue weighted by Crippen LogP contribution is -2.50. The van der Waals surface area contributed by atoms with Crippen LogP contribution in [-0.2, 0) is 16.2 Å². The molecule has 1 atom stereocenters. The molecule has 0 aliphatic rings. The predicted molar refractivity (Wildman–Crippen MR) is 98.5 cm³/mol. The topological polar surface area (TPSA) is 102 Å². The van der Waals surface area contributed by atoms with Gasteiger partial charge in [-0.05, 0) is 37.1 Å². The molecule has 138 valence electrons. The Bertz CT molecular complexity index is 742. The van der Waals surface area contributed by atoms with Gasteiger partial charge in [0.2, 0.25) is 11.8 Å². The quantitative estimate of drug-likeness (QED) is 0.627. The van der Waals surface area contributed by atoms with Crippen LogP contribution in [0.1, 0.15) is 30.9 Å². The van der Waals surface area contributed by atoms with E-state index in [0.29, 0.717) is 17.9 Å². The fraction of sp³-hybridized carbons (Fsp3) is 0.300. The number of hydrogen-bond donors (Lipinski definition) is 3. The second-order valence-corrected chi connectivity index (χ2v) is 6.71. The summed E-state index contributed by atoms with van der Waals surface area (Å²) in [4.78, 5) is 24.2. The third-order valence-electron chi connectivity index (χ3n) is 3.87. The number of nitrogens with two attached hydrogens (primary N) is 1. The highest BCUT2D eigenvalue weighted by Crippen LogP contribution is 2.21. The van der Waals surface area contributed by atoms with Gasteiger partial charge in [0.15, 0.2) is 0 Å². The lowest BCUT2D eigenvalue weighted by molar-refractivity contribution is -0.131. The highest BCUT2D eigenvalue weighted by Gasteiger charge is 2.30. The molecule has 2 rings (SSSR count). The summed E-state index contributed by atoms with van der Waals surface area (Å²) in [5.41, 5.74) is 6.07. The van der Waals surface area contributed by atoms with E-state index in [1.54, 1.807) is 38.1 Å². The summed E-state index contributed by atoms with van der Waals surface area (Å²) in [6.45, 7) is 3.48. The van der Waals surface area contributed by atoms with Crippen molar-refractivity contribution in [1.82, 2.24) is 5.32 Å². The summed E-state index contributed by atoms with van der Waals surface area (Å²) in [6, 6.07) is 16.4. The van der Waals surface area contributed by atoms with Crippen molar-refractivity contribution in [3.8, 4) is 5.75 Å². The van der Waals surface area contributed by atoms with Crippen LogP contribution in [0.2, 0.25) is 0 Å². The van der Waals surface area contributed by atoms with Gasteiger partial charge in [-0.15, -0.1) is 0 Å². The molecule has 0 saturated carbocycles. The number of ether oxygens (including phenoxy) is 1. The lowest BCUT2D eigenvalue weighted by Gasteiger charge is -2.26. The number of primary amides is 1. The molecular weight excluding hydrogens is 332 g/mol. The van der Waals surface area contributed by atoms with Crippen molar-refractivity contribution in [3.05, 3.63) is 65.7 Å². The first-order chi connectivity index (χ1) is 12.3. The number of benzene rings is 2. The van der Waals surface area contributed by atoms with Crippen molar-refractivity contribution in [1.29, 1.82) is 0 Å². The first kappa shape index (κ1) is 19.5. The van der Waals surface area contributed by atoms with E-state index in [2.05, 4.69) is 5.32 Å². The smallest absolute Gasteiger partial charge is 0.237 e. The molecule has 6 heteroatoms. The first-order valence-corrected chi connectivity index (χ1v) is 8.31. The minimum Gasteiger partial charge on any atom is -0.489 e. The van der Waals surface area contributed by atoms with E-state index < -0.39 is 23.3 Å². The highest BCUT2D eigenvalue weighted by molar-refractivity contribution is 6.05.